The van der Waals surface area contributed by atoms with Crippen molar-refractivity contribution in [3.63, 3.8) is 0 Å². The molecule has 0 radical (unpaired) electrons. The third-order valence-electron chi connectivity index (χ3n) is 11.6. The smallest absolute Gasteiger partial charge is 0.0950 e. The van der Waals surface area contributed by atoms with Gasteiger partial charge >= 0.3 is 0 Å². The fraction of sp³-hybridized carbons (Fsp3) is 0.191. The van der Waals surface area contributed by atoms with E-state index in [4.69, 9.17) is 0 Å². The Labute approximate surface area is 306 Å². The van der Waals surface area contributed by atoms with Crippen LogP contribution in [-0.2, 0) is 10.8 Å². The van der Waals surface area contributed by atoms with Gasteiger partial charge in [0, 0.05) is 48.6 Å². The maximum Gasteiger partial charge on any atom is 0.0950 e. The van der Waals surface area contributed by atoms with Crippen molar-refractivity contribution < 1.29 is 0 Å². The largest absolute Gasteiger partial charge is 0.361 e. The summed E-state index contributed by atoms with van der Waals surface area (Å²) in [6.45, 7) is 8.62. The van der Waals surface area contributed by atoms with E-state index in [0.29, 0.717) is 0 Å². The lowest BCUT2D eigenvalue weighted by molar-refractivity contribution is 0.495. The van der Waals surface area contributed by atoms with Gasteiger partial charge in [-0.25, -0.2) is 0 Å². The van der Waals surface area contributed by atoms with Crippen LogP contribution in [0.2, 0.25) is 0 Å². The molecule has 5 nitrogen and oxygen atoms in total. The average molecular weight is 678 g/mol. The van der Waals surface area contributed by atoms with E-state index in [-0.39, 0.29) is 5.41 Å². The van der Waals surface area contributed by atoms with Gasteiger partial charge in [-0.3, -0.25) is 0 Å². The third-order valence-corrected chi connectivity index (χ3v) is 11.6. The standard InChI is InChI=1S/C47H43N5/c1-46(2,3)33-26-34(28-36(27-33)50-25-24-48(4)30-50)47(32-14-7-6-8-15-32)39-18-13-17-38-37-16-9-10-19-41(37)52(45(38)39)42-23-22-35(29-40(42)47)51-31-49(5)43-20-11-12-21-44(43)51/h6-29H,30-31H2,1-5H3. The minimum absolute atomic E-state index is 0.0674. The molecule has 6 aromatic carbocycles. The highest BCUT2D eigenvalue weighted by atomic mass is 15.4. The second kappa shape index (κ2) is 11.0. The van der Waals surface area contributed by atoms with Crippen LogP contribution in [0.15, 0.2) is 146 Å². The summed E-state index contributed by atoms with van der Waals surface area (Å²) >= 11 is 0. The van der Waals surface area contributed by atoms with Gasteiger partial charge in [-0.05, 0) is 81.8 Å². The molecule has 7 aromatic rings. The van der Waals surface area contributed by atoms with Crippen LogP contribution in [0.5, 0.6) is 0 Å². The van der Waals surface area contributed by atoms with Crippen LogP contribution in [0.4, 0.5) is 22.7 Å². The van der Waals surface area contributed by atoms with Crippen molar-refractivity contribution >= 4 is 44.6 Å². The maximum absolute atomic E-state index is 2.54. The minimum Gasteiger partial charge on any atom is -0.361 e. The van der Waals surface area contributed by atoms with Crippen molar-refractivity contribution in [2.75, 3.05) is 42.1 Å². The van der Waals surface area contributed by atoms with Crippen LogP contribution >= 0.6 is 0 Å². The number of hydrogen-bond acceptors (Lipinski definition) is 4. The molecule has 0 N–H and O–H groups in total. The molecule has 1 aromatic heterocycles. The maximum atomic E-state index is 2.54. The lowest BCUT2D eigenvalue weighted by Crippen LogP contribution is -2.36. The van der Waals surface area contributed by atoms with E-state index in [2.05, 4.69) is 205 Å². The number of aromatic nitrogens is 1. The van der Waals surface area contributed by atoms with Gasteiger partial charge in [-0.2, -0.15) is 0 Å². The lowest BCUT2D eigenvalue weighted by atomic mass is 9.62. The summed E-state index contributed by atoms with van der Waals surface area (Å²) in [5.74, 6) is 0. The van der Waals surface area contributed by atoms with Gasteiger partial charge in [0.05, 0.1) is 46.8 Å². The van der Waals surface area contributed by atoms with Gasteiger partial charge in [0.2, 0.25) is 0 Å². The second-order valence-corrected chi connectivity index (χ2v) is 15.8. The van der Waals surface area contributed by atoms with E-state index in [9.17, 15) is 0 Å². The molecular formula is C47H43N5. The van der Waals surface area contributed by atoms with Crippen molar-refractivity contribution in [1.29, 1.82) is 0 Å². The molecule has 0 saturated heterocycles. The molecule has 0 saturated carbocycles. The summed E-state index contributed by atoms with van der Waals surface area (Å²) in [6.07, 6.45) is 4.39. The molecule has 3 aliphatic heterocycles. The molecule has 0 fully saturated rings. The van der Waals surface area contributed by atoms with Crippen LogP contribution in [-0.4, -0.2) is 36.9 Å². The number of hydrogen-bond donors (Lipinski definition) is 0. The van der Waals surface area contributed by atoms with Gasteiger partial charge in [-0.1, -0.05) is 106 Å². The summed E-state index contributed by atoms with van der Waals surface area (Å²) in [4.78, 5) is 9.43. The molecule has 4 heterocycles. The van der Waals surface area contributed by atoms with Gasteiger partial charge < -0.3 is 24.2 Å². The molecule has 10 rings (SSSR count). The lowest BCUT2D eigenvalue weighted by Gasteiger charge is -2.43. The summed E-state index contributed by atoms with van der Waals surface area (Å²) < 4.78 is 2.54. The zero-order chi connectivity index (χ0) is 35.4. The molecule has 1 atom stereocenters. The summed E-state index contributed by atoms with van der Waals surface area (Å²) in [6, 6.07) is 50.5. The average Bonchev–Trinajstić information content (AvgIpc) is 3.86. The third kappa shape index (κ3) is 4.29. The first-order valence-corrected chi connectivity index (χ1v) is 18.4. The predicted molar refractivity (Wildman–Crippen MR) is 217 cm³/mol. The van der Waals surface area contributed by atoms with E-state index < -0.39 is 5.41 Å². The Bertz CT molecular complexity index is 2570. The number of benzene rings is 6. The first-order chi connectivity index (χ1) is 25.2. The Kier molecular flexibility index (Phi) is 6.54. The molecule has 0 aliphatic carbocycles. The Balaban J connectivity index is 1.37. The molecule has 256 valence electrons. The van der Waals surface area contributed by atoms with Crippen molar-refractivity contribution in [3.05, 3.63) is 174 Å². The number of fused-ring (bicyclic) bond motifs is 6. The number of rotatable bonds is 4. The van der Waals surface area contributed by atoms with Crippen molar-refractivity contribution in [3.8, 4) is 5.69 Å². The second-order valence-electron chi connectivity index (χ2n) is 15.8. The molecule has 5 heteroatoms. The zero-order valence-electron chi connectivity index (χ0n) is 30.5. The SMILES string of the molecule is CN1C=CN(c2cc(C(C)(C)C)cc(C3(c4ccccc4)c4cc(N5CN(C)c6ccccc65)ccc4-n4c5ccccc5c5cccc3c54)c2)C1. The highest BCUT2D eigenvalue weighted by Gasteiger charge is 2.46. The van der Waals surface area contributed by atoms with Crippen molar-refractivity contribution in [1.82, 2.24) is 9.47 Å². The number of nitrogens with zero attached hydrogens (tertiary/aromatic N) is 5. The Hall–Kier alpha value is -5.94. The van der Waals surface area contributed by atoms with E-state index in [1.165, 1.54) is 78.1 Å². The monoisotopic (exact) mass is 677 g/mol. The van der Waals surface area contributed by atoms with Gasteiger partial charge in [0.15, 0.2) is 0 Å². The molecule has 52 heavy (non-hydrogen) atoms. The first-order valence-electron chi connectivity index (χ1n) is 18.4. The topological polar surface area (TPSA) is 17.9 Å². The minimum atomic E-state index is -0.618. The molecule has 1 unspecified atom stereocenters. The number of anilines is 4. The van der Waals surface area contributed by atoms with Crippen LogP contribution in [0.3, 0.4) is 0 Å². The normalized spacial score (nSPS) is 17.8. The van der Waals surface area contributed by atoms with Crippen LogP contribution in [0, 0.1) is 0 Å². The Morgan fingerprint density at radius 1 is 0.558 bits per heavy atom. The molecule has 0 spiro atoms. The first kappa shape index (κ1) is 30.8. The summed E-state index contributed by atoms with van der Waals surface area (Å²) in [5, 5.41) is 2.57. The fourth-order valence-corrected chi connectivity index (χ4v) is 9.10. The Morgan fingerprint density at radius 2 is 1.31 bits per heavy atom. The van der Waals surface area contributed by atoms with Gasteiger partial charge in [-0.15, -0.1) is 0 Å². The van der Waals surface area contributed by atoms with Gasteiger partial charge in [0.25, 0.3) is 0 Å². The molecule has 0 amide bonds. The van der Waals surface area contributed by atoms with E-state index in [1.807, 2.05) is 0 Å². The molecule has 0 bridgehead atoms. The van der Waals surface area contributed by atoms with Crippen molar-refractivity contribution in [2.24, 2.45) is 0 Å². The highest BCUT2D eigenvalue weighted by molar-refractivity contribution is 6.12. The van der Waals surface area contributed by atoms with Crippen LogP contribution in [0.25, 0.3) is 27.5 Å². The zero-order valence-corrected chi connectivity index (χ0v) is 30.5. The van der Waals surface area contributed by atoms with Crippen molar-refractivity contribution in [2.45, 2.75) is 31.6 Å². The summed E-state index contributed by atoms with van der Waals surface area (Å²) in [7, 11) is 4.33. The molecular weight excluding hydrogens is 635 g/mol. The Morgan fingerprint density at radius 3 is 2.10 bits per heavy atom. The van der Waals surface area contributed by atoms with Gasteiger partial charge in [0.1, 0.15) is 0 Å². The highest BCUT2D eigenvalue weighted by Crippen LogP contribution is 2.56. The van der Waals surface area contributed by atoms with Crippen LogP contribution in [0.1, 0.15) is 48.6 Å². The van der Waals surface area contributed by atoms with Crippen LogP contribution < -0.4 is 14.7 Å². The number of para-hydroxylation sites is 4. The molecule has 3 aliphatic rings. The predicted octanol–water partition coefficient (Wildman–Crippen LogP) is 10.5. The van der Waals surface area contributed by atoms with E-state index >= 15 is 0 Å². The fourth-order valence-electron chi connectivity index (χ4n) is 9.10. The summed E-state index contributed by atoms with van der Waals surface area (Å²) in [5.41, 5.74) is 14.4. The van der Waals surface area contributed by atoms with E-state index in [0.717, 1.165) is 13.3 Å². The van der Waals surface area contributed by atoms with E-state index in [1.54, 1.807) is 0 Å². The quantitative estimate of drug-likeness (QED) is 0.184.